The van der Waals surface area contributed by atoms with Gasteiger partial charge in [0.05, 0.1) is 26.4 Å². The van der Waals surface area contributed by atoms with Crippen LogP contribution in [-0.4, -0.2) is 52.2 Å². The molecule has 0 spiro atoms. The lowest BCUT2D eigenvalue weighted by Gasteiger charge is -2.02. The fourth-order valence-electron chi connectivity index (χ4n) is 0.565. The maximum atomic E-state index is 9.66. The van der Waals surface area contributed by atoms with Gasteiger partial charge in [0.25, 0.3) is 0 Å². The van der Waals surface area contributed by atoms with Crippen LogP contribution in [0.1, 0.15) is 0 Å². The molecule has 13 heavy (non-hydrogen) atoms. The molecule has 74 valence electrons. The summed E-state index contributed by atoms with van der Waals surface area (Å²) in [5, 5.41) is 0. The average Bonchev–Trinajstić information content (AvgIpc) is 2.16. The minimum atomic E-state index is -0.0278. The van der Waals surface area contributed by atoms with Crippen molar-refractivity contribution in [1.29, 1.82) is 0 Å². The predicted octanol–water partition coefficient (Wildman–Crippen LogP) is -0.744. The summed E-state index contributed by atoms with van der Waals surface area (Å²) >= 11 is 0. The highest BCUT2D eigenvalue weighted by Crippen LogP contribution is 1.79. The van der Waals surface area contributed by atoms with Gasteiger partial charge >= 0.3 is 0 Å². The van der Waals surface area contributed by atoms with Crippen LogP contribution in [0.4, 0.5) is 0 Å². The third-order valence-electron chi connectivity index (χ3n) is 1.07. The Morgan fingerprint density at radius 1 is 0.692 bits per heavy atom. The maximum Gasteiger partial charge on any atom is 0.226 e. The molecule has 0 aliphatic heterocycles. The smallest absolute Gasteiger partial charge is 0.226 e. The molecule has 5 nitrogen and oxygen atoms in total. The first-order valence-corrected chi connectivity index (χ1v) is 3.85. The highest BCUT2D eigenvalue weighted by atomic mass is 16.5. The molecular weight excluding hydrogens is 176 g/mol. The molecule has 0 bridgehead atoms. The first-order chi connectivity index (χ1) is 6.41. The van der Waals surface area contributed by atoms with E-state index in [1.807, 2.05) is 0 Å². The normalized spacial score (nSPS) is 9.85. The second kappa shape index (κ2) is 11.2. The van der Waals surface area contributed by atoms with E-state index < -0.39 is 0 Å². The minimum Gasteiger partial charge on any atom is -0.377 e. The summed E-state index contributed by atoms with van der Waals surface area (Å²) in [5.74, 6) is 0. The van der Waals surface area contributed by atoms with Gasteiger partial charge in [0, 0.05) is 0 Å². The van der Waals surface area contributed by atoms with Crippen molar-refractivity contribution >= 4 is 12.6 Å². The number of hydrogen-bond donors (Lipinski definition) is 0. The van der Waals surface area contributed by atoms with Crippen molar-refractivity contribution in [2.45, 2.75) is 0 Å². The van der Waals surface area contributed by atoms with Crippen LogP contribution in [0, 0.1) is 0 Å². The van der Waals surface area contributed by atoms with E-state index in [4.69, 9.17) is 14.2 Å². The molecule has 0 rings (SSSR count). The molecular formula is C8H12O5. The van der Waals surface area contributed by atoms with Crippen LogP contribution in [0.25, 0.3) is 0 Å². The number of carbonyl (C=O) groups excluding carboxylic acids is 2. The Hall–Kier alpha value is -0.780. The lowest BCUT2D eigenvalue weighted by molar-refractivity contribution is 0.0284. The molecule has 0 aromatic carbocycles. The summed E-state index contributed by atoms with van der Waals surface area (Å²) in [6.45, 7) is 1.45. The Balaban J connectivity index is 2.83. The molecule has 0 amide bonds. The van der Waals surface area contributed by atoms with E-state index in [2.05, 4.69) is 0 Å². The van der Waals surface area contributed by atoms with Gasteiger partial charge in [-0.15, -0.1) is 0 Å². The zero-order valence-electron chi connectivity index (χ0n) is 7.28. The fraction of sp³-hybridized carbons (Fsp3) is 0.750. The van der Waals surface area contributed by atoms with Crippen LogP contribution >= 0.6 is 0 Å². The van der Waals surface area contributed by atoms with Crippen molar-refractivity contribution in [3.8, 4) is 0 Å². The van der Waals surface area contributed by atoms with Gasteiger partial charge in [-0.3, -0.25) is 9.59 Å². The minimum absolute atomic E-state index is 0.0278. The molecule has 0 aliphatic rings. The van der Waals surface area contributed by atoms with Crippen LogP contribution in [0.5, 0.6) is 0 Å². The summed E-state index contributed by atoms with van der Waals surface area (Å²) in [4.78, 5) is 19.3. The Bertz CT molecular complexity index is 112. The zero-order chi connectivity index (χ0) is 9.78. The second-order valence-corrected chi connectivity index (χ2v) is 2.01. The largest absolute Gasteiger partial charge is 0.377 e. The Morgan fingerprint density at radius 3 is 1.46 bits per heavy atom. The van der Waals surface area contributed by atoms with Crippen LogP contribution in [0.2, 0.25) is 0 Å². The molecule has 0 aromatic rings. The van der Waals surface area contributed by atoms with E-state index in [0.717, 1.165) is 0 Å². The van der Waals surface area contributed by atoms with Crippen molar-refractivity contribution in [2.75, 3.05) is 39.6 Å². The van der Waals surface area contributed by atoms with Gasteiger partial charge in [0.2, 0.25) is 12.6 Å². The molecule has 0 fully saturated rings. The monoisotopic (exact) mass is 188 g/mol. The van der Waals surface area contributed by atoms with Crippen LogP contribution < -0.4 is 0 Å². The van der Waals surface area contributed by atoms with E-state index in [0.29, 0.717) is 26.4 Å². The molecule has 0 saturated carbocycles. The number of rotatable bonds is 10. The SMILES string of the molecule is O=[C]COCCOCCOC[C]=O. The van der Waals surface area contributed by atoms with Gasteiger partial charge in [-0.05, 0) is 0 Å². The lowest BCUT2D eigenvalue weighted by Crippen LogP contribution is -2.10. The van der Waals surface area contributed by atoms with Crippen molar-refractivity contribution in [2.24, 2.45) is 0 Å². The van der Waals surface area contributed by atoms with E-state index >= 15 is 0 Å². The van der Waals surface area contributed by atoms with E-state index in [1.54, 1.807) is 12.6 Å². The molecule has 2 radical (unpaired) electrons. The fourth-order valence-corrected chi connectivity index (χ4v) is 0.565. The maximum absolute atomic E-state index is 9.66. The van der Waals surface area contributed by atoms with Crippen molar-refractivity contribution in [3.05, 3.63) is 0 Å². The average molecular weight is 188 g/mol. The Morgan fingerprint density at radius 2 is 1.08 bits per heavy atom. The highest BCUT2D eigenvalue weighted by Gasteiger charge is 1.90. The lowest BCUT2D eigenvalue weighted by atomic mass is 10.7. The highest BCUT2D eigenvalue weighted by molar-refractivity contribution is 5.51. The van der Waals surface area contributed by atoms with Gasteiger partial charge in [0.15, 0.2) is 0 Å². The van der Waals surface area contributed by atoms with E-state index in [9.17, 15) is 9.59 Å². The Labute approximate surface area is 77.0 Å². The van der Waals surface area contributed by atoms with Crippen LogP contribution in [0.3, 0.4) is 0 Å². The van der Waals surface area contributed by atoms with E-state index in [1.165, 1.54) is 0 Å². The number of ether oxygens (including phenoxy) is 3. The number of hydrogen-bond acceptors (Lipinski definition) is 5. The molecule has 0 heterocycles. The zero-order valence-corrected chi connectivity index (χ0v) is 7.28. The van der Waals surface area contributed by atoms with Crippen LogP contribution in [-0.2, 0) is 23.8 Å². The summed E-state index contributed by atoms with van der Waals surface area (Å²) in [6.07, 6.45) is 3.18. The molecule has 0 atom stereocenters. The summed E-state index contributed by atoms with van der Waals surface area (Å²) < 4.78 is 14.5. The summed E-state index contributed by atoms with van der Waals surface area (Å²) in [7, 11) is 0. The Kier molecular flexibility index (Phi) is 10.5. The van der Waals surface area contributed by atoms with Gasteiger partial charge < -0.3 is 14.2 Å². The topological polar surface area (TPSA) is 61.8 Å². The van der Waals surface area contributed by atoms with Gasteiger partial charge in [-0.25, -0.2) is 0 Å². The quantitative estimate of drug-likeness (QED) is 0.422. The summed E-state index contributed by atoms with van der Waals surface area (Å²) in [5.41, 5.74) is 0. The van der Waals surface area contributed by atoms with Crippen molar-refractivity contribution in [3.63, 3.8) is 0 Å². The third kappa shape index (κ3) is 11.2. The first kappa shape index (κ1) is 12.2. The summed E-state index contributed by atoms with van der Waals surface area (Å²) in [6, 6.07) is 0. The van der Waals surface area contributed by atoms with Crippen LogP contribution in [0.15, 0.2) is 0 Å². The molecule has 0 saturated heterocycles. The molecule has 0 unspecified atom stereocenters. The standard InChI is InChI=1S/C8H12O5/c9-1-3-11-5-7-13-8-6-12-4-2-10/h3-8H2. The van der Waals surface area contributed by atoms with Crippen molar-refractivity contribution in [1.82, 2.24) is 0 Å². The molecule has 0 aromatic heterocycles. The van der Waals surface area contributed by atoms with Gasteiger partial charge in [-0.2, -0.15) is 0 Å². The van der Waals surface area contributed by atoms with Crippen molar-refractivity contribution < 1.29 is 23.8 Å². The predicted molar refractivity (Wildman–Crippen MR) is 43.8 cm³/mol. The van der Waals surface area contributed by atoms with Gasteiger partial charge in [-0.1, -0.05) is 0 Å². The third-order valence-corrected chi connectivity index (χ3v) is 1.07. The van der Waals surface area contributed by atoms with E-state index in [-0.39, 0.29) is 13.2 Å². The molecule has 5 heteroatoms. The molecule has 0 N–H and O–H groups in total. The molecule has 0 aliphatic carbocycles. The first-order valence-electron chi connectivity index (χ1n) is 3.85. The second-order valence-electron chi connectivity index (χ2n) is 2.01. The van der Waals surface area contributed by atoms with Gasteiger partial charge in [0.1, 0.15) is 13.2 Å².